The van der Waals surface area contributed by atoms with E-state index < -0.39 is 34.3 Å². The molecular formula is C29H33ClFN3O5S. The van der Waals surface area contributed by atoms with E-state index in [0.29, 0.717) is 17.7 Å². The van der Waals surface area contributed by atoms with Crippen molar-refractivity contribution in [3.8, 4) is 5.75 Å². The van der Waals surface area contributed by atoms with Gasteiger partial charge in [-0.3, -0.25) is 13.9 Å². The molecule has 8 nitrogen and oxygen atoms in total. The Balaban J connectivity index is 2.05. The molecule has 2 amide bonds. The zero-order valence-corrected chi connectivity index (χ0v) is 24.4. The number of methoxy groups -OCH3 is 1. The molecule has 0 saturated heterocycles. The van der Waals surface area contributed by atoms with Crippen molar-refractivity contribution in [2.24, 2.45) is 0 Å². The molecule has 2 atom stereocenters. The van der Waals surface area contributed by atoms with Gasteiger partial charge >= 0.3 is 0 Å². The Labute approximate surface area is 239 Å². The largest absolute Gasteiger partial charge is 0.497 e. The summed E-state index contributed by atoms with van der Waals surface area (Å²) in [5.41, 5.74) is 0.680. The van der Waals surface area contributed by atoms with Gasteiger partial charge in [0.05, 0.1) is 22.7 Å². The molecule has 0 unspecified atom stereocenters. The van der Waals surface area contributed by atoms with Gasteiger partial charge in [0.1, 0.15) is 24.2 Å². The number of rotatable bonds is 12. The van der Waals surface area contributed by atoms with Crippen LogP contribution in [0.2, 0.25) is 5.02 Å². The van der Waals surface area contributed by atoms with Crippen molar-refractivity contribution in [3.05, 3.63) is 89.2 Å². The number of hydrogen-bond donors (Lipinski definition) is 1. The number of ether oxygens (including phenoxy) is 1. The molecule has 11 heteroatoms. The van der Waals surface area contributed by atoms with Crippen LogP contribution in [0.4, 0.5) is 10.1 Å². The lowest BCUT2D eigenvalue weighted by molar-refractivity contribution is -0.139. The number of sulfonamides is 1. The van der Waals surface area contributed by atoms with E-state index in [4.69, 9.17) is 16.3 Å². The molecule has 0 radical (unpaired) electrons. The van der Waals surface area contributed by atoms with Crippen LogP contribution in [0.1, 0.15) is 32.8 Å². The highest BCUT2D eigenvalue weighted by Gasteiger charge is 2.33. The van der Waals surface area contributed by atoms with Crippen molar-refractivity contribution >= 4 is 39.1 Å². The molecule has 0 aliphatic heterocycles. The fourth-order valence-corrected chi connectivity index (χ4v) is 5.51. The highest BCUT2D eigenvalue weighted by atomic mass is 35.5. The van der Waals surface area contributed by atoms with Crippen molar-refractivity contribution in [1.82, 2.24) is 10.2 Å². The summed E-state index contributed by atoms with van der Waals surface area (Å²) in [5.74, 6) is -1.19. The summed E-state index contributed by atoms with van der Waals surface area (Å²) < 4.78 is 47.6. The summed E-state index contributed by atoms with van der Waals surface area (Å²) in [6.07, 6.45) is 0.691. The van der Waals surface area contributed by atoms with Gasteiger partial charge in [-0.2, -0.15) is 0 Å². The Kier molecular flexibility index (Phi) is 10.5. The summed E-state index contributed by atoms with van der Waals surface area (Å²) in [7, 11) is -2.76. The number of carbonyl (C=O) groups excluding carboxylic acids is 2. The van der Waals surface area contributed by atoms with Gasteiger partial charge in [-0.25, -0.2) is 12.8 Å². The second-order valence-corrected chi connectivity index (χ2v) is 11.6. The maximum absolute atomic E-state index is 14.0. The zero-order valence-electron chi connectivity index (χ0n) is 22.8. The van der Waals surface area contributed by atoms with Crippen LogP contribution in [0.25, 0.3) is 0 Å². The maximum Gasteiger partial charge on any atom is 0.264 e. The van der Waals surface area contributed by atoms with E-state index in [0.717, 1.165) is 16.4 Å². The van der Waals surface area contributed by atoms with Crippen LogP contribution in [-0.2, 0) is 26.2 Å². The summed E-state index contributed by atoms with van der Waals surface area (Å²) >= 11 is 5.99. The summed E-state index contributed by atoms with van der Waals surface area (Å²) in [6, 6.07) is 16.9. The molecule has 40 heavy (non-hydrogen) atoms. The highest BCUT2D eigenvalue weighted by molar-refractivity contribution is 7.92. The van der Waals surface area contributed by atoms with Crippen LogP contribution in [0, 0.1) is 5.82 Å². The SMILES string of the molecule is CC[C@@H](C)NC(=O)[C@@H](C)N(Cc1cccc(OC)c1)C(=O)CN(c1ccc(F)c(Cl)c1)S(=O)(=O)c1ccccc1. The quantitative estimate of drug-likeness (QED) is 0.320. The predicted molar refractivity (Wildman–Crippen MR) is 153 cm³/mol. The van der Waals surface area contributed by atoms with E-state index in [9.17, 15) is 22.4 Å². The highest BCUT2D eigenvalue weighted by Crippen LogP contribution is 2.28. The first-order valence-electron chi connectivity index (χ1n) is 12.7. The molecule has 0 heterocycles. The number of halogens is 2. The average Bonchev–Trinajstić information content (AvgIpc) is 2.96. The molecule has 0 aliphatic rings. The molecule has 0 spiro atoms. The summed E-state index contributed by atoms with van der Waals surface area (Å²) in [5, 5.41) is 2.58. The van der Waals surface area contributed by atoms with E-state index in [1.54, 1.807) is 49.4 Å². The lowest BCUT2D eigenvalue weighted by Crippen LogP contribution is -2.52. The van der Waals surface area contributed by atoms with E-state index >= 15 is 0 Å². The molecule has 214 valence electrons. The third-order valence-electron chi connectivity index (χ3n) is 6.46. The minimum absolute atomic E-state index is 0.00152. The lowest BCUT2D eigenvalue weighted by atomic mass is 10.1. The Morgan fingerprint density at radius 1 is 1.02 bits per heavy atom. The average molecular weight is 590 g/mol. The minimum Gasteiger partial charge on any atom is -0.497 e. The van der Waals surface area contributed by atoms with Crippen LogP contribution in [0.3, 0.4) is 0 Å². The summed E-state index contributed by atoms with van der Waals surface area (Å²) in [6.45, 7) is 4.71. The number of benzene rings is 3. The minimum atomic E-state index is -4.28. The van der Waals surface area contributed by atoms with Gasteiger partial charge in [0.15, 0.2) is 0 Å². The fraction of sp³-hybridized carbons (Fsp3) is 0.310. The summed E-state index contributed by atoms with van der Waals surface area (Å²) in [4.78, 5) is 28.3. The normalized spacial score (nSPS) is 12.8. The first kappa shape index (κ1) is 30.9. The second-order valence-electron chi connectivity index (χ2n) is 9.29. The van der Waals surface area contributed by atoms with Gasteiger partial charge in [-0.05, 0) is 68.3 Å². The Morgan fingerprint density at radius 2 is 1.73 bits per heavy atom. The van der Waals surface area contributed by atoms with Crippen molar-refractivity contribution in [3.63, 3.8) is 0 Å². The number of nitrogens with one attached hydrogen (secondary N) is 1. The molecular weight excluding hydrogens is 557 g/mol. The van der Waals surface area contributed by atoms with E-state index in [1.807, 2.05) is 13.8 Å². The van der Waals surface area contributed by atoms with Crippen molar-refractivity contribution < 1.29 is 27.1 Å². The van der Waals surface area contributed by atoms with Gasteiger partial charge in [-0.1, -0.05) is 48.9 Å². The van der Waals surface area contributed by atoms with Gasteiger partial charge in [0.25, 0.3) is 10.0 Å². The van der Waals surface area contributed by atoms with Gasteiger partial charge in [0.2, 0.25) is 11.8 Å². The van der Waals surface area contributed by atoms with E-state index in [2.05, 4.69) is 5.32 Å². The first-order chi connectivity index (χ1) is 19.0. The van der Waals surface area contributed by atoms with Crippen molar-refractivity contribution in [1.29, 1.82) is 0 Å². The van der Waals surface area contributed by atoms with Gasteiger partial charge in [-0.15, -0.1) is 0 Å². The number of anilines is 1. The Morgan fingerprint density at radius 3 is 2.35 bits per heavy atom. The van der Waals surface area contributed by atoms with Crippen LogP contribution < -0.4 is 14.4 Å². The predicted octanol–water partition coefficient (Wildman–Crippen LogP) is 5.02. The van der Waals surface area contributed by atoms with Gasteiger partial charge < -0.3 is 15.0 Å². The Hall–Kier alpha value is -3.63. The molecule has 0 aromatic heterocycles. The third-order valence-corrected chi connectivity index (χ3v) is 8.53. The van der Waals surface area contributed by atoms with Crippen LogP contribution >= 0.6 is 11.6 Å². The van der Waals surface area contributed by atoms with Crippen molar-refractivity contribution in [2.45, 2.75) is 50.7 Å². The molecule has 1 N–H and O–H groups in total. The van der Waals surface area contributed by atoms with Crippen LogP contribution in [-0.4, -0.2) is 50.9 Å². The molecule has 3 aromatic rings. The Bertz CT molecular complexity index is 1440. The number of amides is 2. The van der Waals surface area contributed by atoms with E-state index in [-0.39, 0.29) is 34.1 Å². The molecule has 3 aromatic carbocycles. The molecule has 3 rings (SSSR count). The first-order valence-corrected chi connectivity index (χ1v) is 14.5. The zero-order chi connectivity index (χ0) is 29.4. The van der Waals surface area contributed by atoms with E-state index in [1.165, 1.54) is 30.2 Å². The second kappa shape index (κ2) is 13.6. The standard InChI is InChI=1S/C29H33ClFN3O5S/c1-5-20(2)32-29(36)21(3)33(18-22-10-9-11-24(16-22)39-4)28(35)19-34(23-14-15-27(31)26(30)17-23)40(37,38)25-12-7-6-8-13-25/h6-17,20-21H,5,18-19H2,1-4H3,(H,32,36)/t20-,21-/m1/s1. The van der Waals surface area contributed by atoms with Gasteiger partial charge in [0, 0.05) is 12.6 Å². The number of nitrogens with zero attached hydrogens (tertiary/aromatic N) is 2. The monoisotopic (exact) mass is 589 g/mol. The third kappa shape index (κ3) is 7.51. The molecule has 0 saturated carbocycles. The number of carbonyl (C=O) groups is 2. The lowest BCUT2D eigenvalue weighted by Gasteiger charge is -2.32. The number of hydrogen-bond acceptors (Lipinski definition) is 5. The van der Waals surface area contributed by atoms with Crippen LogP contribution in [0.5, 0.6) is 5.75 Å². The smallest absolute Gasteiger partial charge is 0.264 e. The van der Waals surface area contributed by atoms with Crippen molar-refractivity contribution in [2.75, 3.05) is 18.0 Å². The fourth-order valence-electron chi connectivity index (χ4n) is 3.90. The maximum atomic E-state index is 14.0. The molecule has 0 bridgehead atoms. The molecule has 0 aliphatic carbocycles. The van der Waals surface area contributed by atoms with Crippen LogP contribution in [0.15, 0.2) is 77.7 Å². The molecule has 0 fully saturated rings. The topological polar surface area (TPSA) is 96.0 Å².